The van der Waals surface area contributed by atoms with Crippen LogP contribution in [-0.4, -0.2) is 61.3 Å². The molecule has 8 nitrogen and oxygen atoms in total. The Balaban J connectivity index is 0.000000112. The van der Waals surface area contributed by atoms with Crippen LogP contribution in [0.25, 0.3) is 0 Å². The Labute approximate surface area is 278 Å². The highest BCUT2D eigenvalue weighted by Crippen LogP contribution is 2.34. The van der Waals surface area contributed by atoms with E-state index in [1.807, 2.05) is 18.3 Å². The van der Waals surface area contributed by atoms with Crippen molar-refractivity contribution < 1.29 is 5.11 Å². The van der Waals surface area contributed by atoms with Gasteiger partial charge in [-0.05, 0) is 82.4 Å². The molecule has 6 fully saturated rings. The Kier molecular flexibility index (Phi) is 10.1. The van der Waals surface area contributed by atoms with Crippen LogP contribution in [0.2, 0.25) is 0 Å². The normalized spacial score (nSPS) is 31.8. The van der Waals surface area contributed by atoms with Gasteiger partial charge < -0.3 is 21.1 Å². The number of pyridine rings is 2. The molecule has 6 saturated heterocycles. The molecule has 6 aliphatic heterocycles. The van der Waals surface area contributed by atoms with Crippen LogP contribution in [0, 0.1) is 53.3 Å². The fourth-order valence-corrected chi connectivity index (χ4v) is 7.94. The highest BCUT2D eigenvalue weighted by Gasteiger charge is 2.39. The summed E-state index contributed by atoms with van der Waals surface area (Å²) in [7, 11) is 0. The summed E-state index contributed by atoms with van der Waals surface area (Å²) >= 11 is 0. The van der Waals surface area contributed by atoms with Crippen molar-refractivity contribution >= 4 is 0 Å². The number of aromatic nitrogens is 4. The van der Waals surface area contributed by atoms with Crippen LogP contribution in [0.3, 0.4) is 0 Å². The van der Waals surface area contributed by atoms with E-state index < -0.39 is 0 Å². The van der Waals surface area contributed by atoms with Gasteiger partial charge in [-0.2, -0.15) is 0 Å². The molecule has 4 N–H and O–H groups in total. The Morgan fingerprint density at radius 2 is 1.11 bits per heavy atom. The number of fused-ring (bicyclic) bond motifs is 6. The molecule has 6 aliphatic rings. The van der Waals surface area contributed by atoms with Crippen molar-refractivity contribution in [2.24, 2.45) is 17.8 Å². The van der Waals surface area contributed by atoms with Crippen LogP contribution in [0.15, 0.2) is 61.7 Å². The average molecular weight is 626 g/mol. The lowest BCUT2D eigenvalue weighted by Gasteiger charge is -2.26. The topological polar surface area (TPSA) is 108 Å². The Hall–Kier alpha value is -4.26. The van der Waals surface area contributed by atoms with Gasteiger partial charge in [-0.15, -0.1) is 0 Å². The number of nitrogens with one attached hydrogen (secondary N) is 3. The van der Waals surface area contributed by atoms with Crippen molar-refractivity contribution in [1.82, 2.24) is 35.9 Å². The number of piperidine rings is 1. The summed E-state index contributed by atoms with van der Waals surface area (Å²) in [6, 6.07) is 9.66. The zero-order valence-electron chi connectivity index (χ0n) is 26.8. The van der Waals surface area contributed by atoms with Gasteiger partial charge in [-0.3, -0.25) is 9.97 Å². The first-order valence-electron chi connectivity index (χ1n) is 17.3. The molecule has 0 aliphatic carbocycles. The van der Waals surface area contributed by atoms with Crippen LogP contribution < -0.4 is 16.0 Å². The smallest absolute Gasteiger partial charge is 0.135 e. The molecule has 0 radical (unpaired) electrons. The number of rotatable bonds is 0. The summed E-state index contributed by atoms with van der Waals surface area (Å²) in [4.78, 5) is 15.9. The molecule has 240 valence electrons. The molecule has 9 heterocycles. The van der Waals surface area contributed by atoms with Gasteiger partial charge in [0.1, 0.15) is 12.1 Å². The van der Waals surface area contributed by atoms with Gasteiger partial charge in [0.25, 0.3) is 0 Å². The minimum atomic E-state index is 0.179. The summed E-state index contributed by atoms with van der Waals surface area (Å²) in [5.41, 5.74) is 2.74. The second-order valence-corrected chi connectivity index (χ2v) is 13.6. The number of hydrogen-bond acceptors (Lipinski definition) is 8. The lowest BCUT2D eigenvalue weighted by Crippen LogP contribution is -2.39. The molecule has 0 amide bonds. The zero-order chi connectivity index (χ0) is 31.8. The molecule has 0 saturated carbocycles. The van der Waals surface area contributed by atoms with Crippen LogP contribution in [0.4, 0.5) is 0 Å². The summed E-state index contributed by atoms with van der Waals surface area (Å²) in [6.07, 6.45) is 24.5. The maximum absolute atomic E-state index is 9.27. The first-order chi connectivity index (χ1) is 23.1. The first kappa shape index (κ1) is 31.3. The molecule has 8 heteroatoms. The number of hydrogen-bond donors (Lipinski definition) is 4. The zero-order valence-corrected chi connectivity index (χ0v) is 26.8. The molecule has 6 bridgehead atoms. The second kappa shape index (κ2) is 15.1. The molecule has 3 aromatic rings. The van der Waals surface area contributed by atoms with Crippen LogP contribution >= 0.6 is 0 Å². The van der Waals surface area contributed by atoms with E-state index in [1.54, 1.807) is 30.9 Å². The minimum Gasteiger partial charge on any atom is -0.506 e. The maximum Gasteiger partial charge on any atom is 0.135 e. The Morgan fingerprint density at radius 1 is 0.553 bits per heavy atom. The van der Waals surface area contributed by atoms with E-state index in [9.17, 15) is 5.11 Å². The summed E-state index contributed by atoms with van der Waals surface area (Å²) in [6.45, 7) is 0. The third-order valence-corrected chi connectivity index (χ3v) is 10.3. The standard InChI is InChI=1S/C14H16N2.C13H14N2O.C12H13N3/c1-2-11(10-15-9-1)3-4-12-5-6-13-7-8-14(12)16-13;16-12-5-9(7-14-8-12)1-2-10-6-11-3-4-13(10)15-11;1(9-6-13-8-14-7-9)2-10-5-11-3-4-12(10)15-11/h1-2,9-10,12-14,16H,5-8H2;5,7-8,10-11,13,15-16H,3-4,6H2;6-8,10-12,15H,3-5H2. The van der Waals surface area contributed by atoms with Gasteiger partial charge >= 0.3 is 0 Å². The highest BCUT2D eigenvalue weighted by molar-refractivity contribution is 5.37. The number of nitrogens with zero attached hydrogens (tertiary/aromatic N) is 4. The molecule has 0 aromatic carbocycles. The quantitative estimate of drug-likeness (QED) is 0.276. The molecule has 9 unspecified atom stereocenters. The fourth-order valence-electron chi connectivity index (χ4n) is 7.94. The van der Waals surface area contributed by atoms with E-state index >= 15 is 0 Å². The van der Waals surface area contributed by atoms with Gasteiger partial charge in [0, 0.05) is 96.1 Å². The second-order valence-electron chi connectivity index (χ2n) is 13.6. The molecule has 9 rings (SSSR count). The van der Waals surface area contributed by atoms with Crippen LogP contribution in [-0.2, 0) is 0 Å². The highest BCUT2D eigenvalue weighted by atomic mass is 16.3. The monoisotopic (exact) mass is 625 g/mol. The van der Waals surface area contributed by atoms with Crippen molar-refractivity contribution in [3.05, 3.63) is 78.4 Å². The largest absolute Gasteiger partial charge is 0.506 e. The molecule has 3 aromatic heterocycles. The first-order valence-corrected chi connectivity index (χ1v) is 17.3. The number of aromatic hydroxyl groups is 1. The van der Waals surface area contributed by atoms with E-state index in [-0.39, 0.29) is 5.75 Å². The van der Waals surface area contributed by atoms with Crippen molar-refractivity contribution in [2.75, 3.05) is 0 Å². The predicted octanol–water partition coefficient (Wildman–Crippen LogP) is 4.21. The van der Waals surface area contributed by atoms with Gasteiger partial charge in [-0.1, -0.05) is 35.5 Å². The lowest BCUT2D eigenvalue weighted by atomic mass is 9.89. The molecular weight excluding hydrogens is 582 g/mol. The molecule has 47 heavy (non-hydrogen) atoms. The minimum absolute atomic E-state index is 0.179. The predicted molar refractivity (Wildman–Crippen MR) is 182 cm³/mol. The van der Waals surface area contributed by atoms with Crippen molar-refractivity contribution in [3.63, 3.8) is 0 Å². The van der Waals surface area contributed by atoms with E-state index in [1.165, 1.54) is 76.7 Å². The Morgan fingerprint density at radius 3 is 1.74 bits per heavy atom. The van der Waals surface area contributed by atoms with E-state index in [0.29, 0.717) is 41.9 Å². The van der Waals surface area contributed by atoms with Crippen LogP contribution in [0.5, 0.6) is 5.75 Å². The fraction of sp³-hybridized carbons (Fsp3) is 0.487. The van der Waals surface area contributed by atoms with Gasteiger partial charge in [0.15, 0.2) is 0 Å². The third kappa shape index (κ3) is 8.37. The third-order valence-electron chi connectivity index (χ3n) is 10.3. The summed E-state index contributed by atoms with van der Waals surface area (Å²) < 4.78 is 0. The van der Waals surface area contributed by atoms with Gasteiger partial charge in [-0.25, -0.2) is 9.97 Å². The van der Waals surface area contributed by atoms with E-state index in [4.69, 9.17) is 0 Å². The summed E-state index contributed by atoms with van der Waals surface area (Å²) in [5, 5.41) is 20.1. The molecule has 0 spiro atoms. The van der Waals surface area contributed by atoms with Crippen LogP contribution in [0.1, 0.15) is 80.9 Å². The van der Waals surface area contributed by atoms with Crippen molar-refractivity contribution in [2.45, 2.75) is 100 Å². The Bertz CT molecular complexity index is 1680. The SMILES string of the molecule is C(#CC1CC2CCC1N2)c1cncnc1.C(#CC1CCC2CCC1N2)c1cccnc1.Oc1cncc(C#CC2CC3CCC2N3)c1. The van der Waals surface area contributed by atoms with E-state index in [0.717, 1.165) is 28.8 Å². The van der Waals surface area contributed by atoms with Gasteiger partial charge in [0.2, 0.25) is 0 Å². The maximum atomic E-state index is 9.27. The summed E-state index contributed by atoms with van der Waals surface area (Å²) in [5.74, 6) is 21.3. The molecular formula is C39H43N7O. The molecule has 9 atom stereocenters. The van der Waals surface area contributed by atoms with Crippen molar-refractivity contribution in [1.29, 1.82) is 0 Å². The average Bonchev–Trinajstić information content (AvgIpc) is 3.97. The van der Waals surface area contributed by atoms with E-state index in [2.05, 4.69) is 71.4 Å². The van der Waals surface area contributed by atoms with Crippen molar-refractivity contribution in [3.8, 4) is 41.3 Å². The van der Waals surface area contributed by atoms with Gasteiger partial charge in [0.05, 0.1) is 11.8 Å². The lowest BCUT2D eigenvalue weighted by molar-refractivity contribution is 0.346.